The molecule has 90 valence electrons. The molecule has 15 heavy (non-hydrogen) atoms. The monoisotopic (exact) mass is 213 g/mol. The first-order valence-electron chi connectivity index (χ1n) is 6.46. The summed E-state index contributed by atoms with van der Waals surface area (Å²) in [6.07, 6.45) is 8.34. The molecule has 0 amide bonds. The minimum Gasteiger partial charge on any atom is -0.330 e. The van der Waals surface area contributed by atoms with Crippen LogP contribution >= 0.6 is 0 Å². The van der Waals surface area contributed by atoms with Gasteiger partial charge in [0.25, 0.3) is 0 Å². The third-order valence-corrected chi connectivity index (χ3v) is 2.97. The van der Waals surface area contributed by atoms with Crippen LogP contribution in [0.15, 0.2) is 0 Å². The number of hydrogen-bond acceptors (Lipinski definition) is 2. The summed E-state index contributed by atoms with van der Waals surface area (Å²) >= 11 is 0. The zero-order chi connectivity index (χ0) is 11.5. The SMILES string of the molecule is CCCCC(CC)CC(=O)CCCCN. The van der Waals surface area contributed by atoms with Crippen molar-refractivity contribution in [1.82, 2.24) is 0 Å². The van der Waals surface area contributed by atoms with Gasteiger partial charge in [-0.15, -0.1) is 0 Å². The van der Waals surface area contributed by atoms with Crippen LogP contribution in [0.5, 0.6) is 0 Å². The Kier molecular flexibility index (Phi) is 9.91. The average Bonchev–Trinajstić information content (AvgIpc) is 2.24. The van der Waals surface area contributed by atoms with Crippen molar-refractivity contribution >= 4 is 5.78 Å². The molecule has 0 aromatic carbocycles. The van der Waals surface area contributed by atoms with E-state index < -0.39 is 0 Å². The molecule has 0 spiro atoms. The van der Waals surface area contributed by atoms with E-state index in [0.29, 0.717) is 18.2 Å². The molecule has 0 radical (unpaired) electrons. The highest BCUT2D eigenvalue weighted by Gasteiger charge is 2.11. The Labute approximate surface area is 94.6 Å². The Morgan fingerprint density at radius 2 is 1.93 bits per heavy atom. The van der Waals surface area contributed by atoms with E-state index in [0.717, 1.165) is 32.1 Å². The Bertz CT molecular complexity index is 157. The molecule has 2 heteroatoms. The fourth-order valence-corrected chi connectivity index (χ4v) is 1.83. The van der Waals surface area contributed by atoms with Crippen LogP contribution in [0.3, 0.4) is 0 Å². The number of unbranched alkanes of at least 4 members (excludes halogenated alkanes) is 2. The average molecular weight is 213 g/mol. The van der Waals surface area contributed by atoms with Gasteiger partial charge in [-0.05, 0) is 25.3 Å². The van der Waals surface area contributed by atoms with Crippen molar-refractivity contribution in [1.29, 1.82) is 0 Å². The summed E-state index contributed by atoms with van der Waals surface area (Å²) in [6, 6.07) is 0. The zero-order valence-corrected chi connectivity index (χ0v) is 10.4. The highest BCUT2D eigenvalue weighted by Crippen LogP contribution is 2.18. The van der Waals surface area contributed by atoms with E-state index in [9.17, 15) is 4.79 Å². The zero-order valence-electron chi connectivity index (χ0n) is 10.4. The summed E-state index contributed by atoms with van der Waals surface area (Å²) in [6.45, 7) is 5.10. The largest absolute Gasteiger partial charge is 0.330 e. The van der Waals surface area contributed by atoms with E-state index in [1.807, 2.05) is 0 Å². The standard InChI is InChI=1S/C13H27NO/c1-3-5-8-12(4-2)11-13(15)9-6-7-10-14/h12H,3-11,14H2,1-2H3. The predicted octanol–water partition coefficient (Wildman–Crippen LogP) is 3.29. The van der Waals surface area contributed by atoms with Crippen LogP contribution in [0.25, 0.3) is 0 Å². The van der Waals surface area contributed by atoms with Gasteiger partial charge in [0.2, 0.25) is 0 Å². The molecule has 0 saturated carbocycles. The van der Waals surface area contributed by atoms with Crippen LogP contribution in [0, 0.1) is 5.92 Å². The summed E-state index contributed by atoms with van der Waals surface area (Å²) in [5.41, 5.74) is 5.40. The van der Waals surface area contributed by atoms with Gasteiger partial charge in [-0.1, -0.05) is 39.5 Å². The molecule has 0 rings (SSSR count). The molecule has 0 aliphatic rings. The maximum absolute atomic E-state index is 11.6. The highest BCUT2D eigenvalue weighted by molar-refractivity contribution is 5.78. The van der Waals surface area contributed by atoms with Gasteiger partial charge in [-0.3, -0.25) is 4.79 Å². The molecule has 1 unspecified atom stereocenters. The lowest BCUT2D eigenvalue weighted by atomic mass is 9.92. The number of hydrogen-bond donors (Lipinski definition) is 1. The van der Waals surface area contributed by atoms with Crippen LogP contribution in [0.4, 0.5) is 0 Å². The van der Waals surface area contributed by atoms with Crippen LogP contribution in [-0.2, 0) is 4.79 Å². The van der Waals surface area contributed by atoms with Gasteiger partial charge in [0.1, 0.15) is 5.78 Å². The van der Waals surface area contributed by atoms with Gasteiger partial charge in [0, 0.05) is 12.8 Å². The molecule has 0 saturated heterocycles. The summed E-state index contributed by atoms with van der Waals surface area (Å²) in [7, 11) is 0. The van der Waals surface area contributed by atoms with Crippen molar-refractivity contribution in [3.63, 3.8) is 0 Å². The summed E-state index contributed by atoms with van der Waals surface area (Å²) < 4.78 is 0. The maximum atomic E-state index is 11.6. The molecule has 0 aromatic rings. The quantitative estimate of drug-likeness (QED) is 0.566. The van der Waals surface area contributed by atoms with Gasteiger partial charge >= 0.3 is 0 Å². The van der Waals surface area contributed by atoms with Crippen molar-refractivity contribution in [3.8, 4) is 0 Å². The molecule has 0 aromatic heterocycles. The number of nitrogens with two attached hydrogens (primary N) is 1. The topological polar surface area (TPSA) is 43.1 Å². The normalized spacial score (nSPS) is 12.7. The van der Waals surface area contributed by atoms with Gasteiger partial charge in [-0.25, -0.2) is 0 Å². The molecule has 0 aliphatic carbocycles. The second-order valence-electron chi connectivity index (χ2n) is 4.41. The van der Waals surface area contributed by atoms with E-state index in [-0.39, 0.29) is 0 Å². The van der Waals surface area contributed by atoms with Crippen molar-refractivity contribution in [2.24, 2.45) is 11.7 Å². The number of carbonyl (C=O) groups excluding carboxylic acids is 1. The van der Waals surface area contributed by atoms with Crippen LogP contribution in [0.1, 0.15) is 65.2 Å². The molecular weight excluding hydrogens is 186 g/mol. The second-order valence-corrected chi connectivity index (χ2v) is 4.41. The van der Waals surface area contributed by atoms with Gasteiger partial charge < -0.3 is 5.73 Å². The molecule has 0 heterocycles. The molecule has 0 fully saturated rings. The third-order valence-electron chi connectivity index (χ3n) is 2.97. The first kappa shape index (κ1) is 14.6. The molecule has 0 aliphatic heterocycles. The number of ketones is 1. The number of Topliss-reactive ketones (excluding diaryl/α,β-unsaturated/α-hetero) is 1. The Morgan fingerprint density at radius 1 is 1.20 bits per heavy atom. The lowest BCUT2D eigenvalue weighted by Gasteiger charge is -2.13. The summed E-state index contributed by atoms with van der Waals surface area (Å²) in [5.74, 6) is 1.06. The fraction of sp³-hybridized carbons (Fsp3) is 0.923. The Balaban J connectivity index is 3.60. The first-order chi connectivity index (χ1) is 7.24. The van der Waals surface area contributed by atoms with Crippen molar-refractivity contribution in [2.75, 3.05) is 6.54 Å². The Morgan fingerprint density at radius 3 is 2.47 bits per heavy atom. The van der Waals surface area contributed by atoms with Crippen LogP contribution in [-0.4, -0.2) is 12.3 Å². The van der Waals surface area contributed by atoms with Crippen LogP contribution in [0.2, 0.25) is 0 Å². The maximum Gasteiger partial charge on any atom is 0.133 e. The van der Waals surface area contributed by atoms with E-state index in [1.54, 1.807) is 0 Å². The Hall–Kier alpha value is -0.370. The lowest BCUT2D eigenvalue weighted by Crippen LogP contribution is -2.08. The molecule has 2 N–H and O–H groups in total. The van der Waals surface area contributed by atoms with E-state index in [1.165, 1.54) is 19.3 Å². The predicted molar refractivity (Wildman–Crippen MR) is 65.8 cm³/mol. The first-order valence-corrected chi connectivity index (χ1v) is 6.46. The van der Waals surface area contributed by atoms with Crippen molar-refractivity contribution in [3.05, 3.63) is 0 Å². The fourth-order valence-electron chi connectivity index (χ4n) is 1.83. The molecule has 1 atom stereocenters. The highest BCUT2D eigenvalue weighted by atomic mass is 16.1. The van der Waals surface area contributed by atoms with Gasteiger partial charge in [0.05, 0.1) is 0 Å². The summed E-state index contributed by atoms with van der Waals surface area (Å²) in [4.78, 5) is 11.6. The summed E-state index contributed by atoms with van der Waals surface area (Å²) in [5, 5.41) is 0. The van der Waals surface area contributed by atoms with E-state index in [4.69, 9.17) is 5.73 Å². The van der Waals surface area contributed by atoms with Crippen molar-refractivity contribution < 1.29 is 4.79 Å². The minimum atomic E-state index is 0.436. The molecule has 0 bridgehead atoms. The van der Waals surface area contributed by atoms with Gasteiger partial charge in [0.15, 0.2) is 0 Å². The molecular formula is C13H27NO. The lowest BCUT2D eigenvalue weighted by molar-refractivity contribution is -0.120. The van der Waals surface area contributed by atoms with E-state index >= 15 is 0 Å². The van der Waals surface area contributed by atoms with Gasteiger partial charge in [-0.2, -0.15) is 0 Å². The van der Waals surface area contributed by atoms with E-state index in [2.05, 4.69) is 13.8 Å². The smallest absolute Gasteiger partial charge is 0.133 e. The third kappa shape index (κ3) is 8.61. The minimum absolute atomic E-state index is 0.436. The van der Waals surface area contributed by atoms with Crippen molar-refractivity contribution in [2.45, 2.75) is 65.2 Å². The van der Waals surface area contributed by atoms with Crippen LogP contribution < -0.4 is 5.73 Å². The number of rotatable bonds is 10. The second kappa shape index (κ2) is 10.2. The molecule has 2 nitrogen and oxygen atoms in total. The number of carbonyl (C=O) groups is 1.